The van der Waals surface area contributed by atoms with E-state index < -0.39 is 63.6 Å². The Bertz CT molecular complexity index is 3650. The van der Waals surface area contributed by atoms with Crippen LogP contribution in [0.1, 0.15) is 55.9 Å². The summed E-state index contributed by atoms with van der Waals surface area (Å²) < 4.78 is 137. The summed E-state index contributed by atoms with van der Waals surface area (Å²) in [6.45, 7) is 7.94. The molecule has 14 nitrogen and oxygen atoms in total. The van der Waals surface area contributed by atoms with Crippen LogP contribution in [0, 0.1) is 0 Å². The van der Waals surface area contributed by atoms with E-state index in [4.69, 9.17) is 54.1 Å². The molecule has 5 heterocycles. The Balaban J connectivity index is 0.000000205. The van der Waals surface area contributed by atoms with E-state index in [1.54, 1.807) is 4.90 Å². The first-order valence-corrected chi connectivity index (χ1v) is 26.0. The van der Waals surface area contributed by atoms with Gasteiger partial charge >= 0.3 is 24.6 Å². The molecule has 2 aliphatic rings. The van der Waals surface area contributed by atoms with Crippen molar-refractivity contribution in [3.05, 3.63) is 159 Å². The number of aldehydes is 1. The number of likely N-dealkylation sites (tertiary alicyclic amines) is 1. The lowest BCUT2D eigenvalue weighted by atomic mass is 10.0. The van der Waals surface area contributed by atoms with Gasteiger partial charge in [0.1, 0.15) is 25.1 Å². The van der Waals surface area contributed by atoms with Gasteiger partial charge in [-0.05, 0) is 87.7 Å². The molecule has 0 radical (unpaired) electrons. The van der Waals surface area contributed by atoms with Crippen LogP contribution in [0.2, 0.25) is 15.1 Å². The highest BCUT2D eigenvalue weighted by Crippen LogP contribution is 2.37. The number of amides is 1. The number of hydrogen-bond acceptors (Lipinski definition) is 10. The molecule has 1 amide bonds. The third-order valence-electron chi connectivity index (χ3n) is 13.0. The molecule has 1 N–H and O–H groups in total. The average molecular weight is 1200 g/mol. The molecule has 2 aliphatic heterocycles. The van der Waals surface area contributed by atoms with Crippen molar-refractivity contribution in [3.63, 3.8) is 0 Å². The summed E-state index contributed by atoms with van der Waals surface area (Å²) in [5.41, 5.74) is -3.81. The molecule has 0 bridgehead atoms. The summed E-state index contributed by atoms with van der Waals surface area (Å²) in [6, 6.07) is 18.1. The summed E-state index contributed by atoms with van der Waals surface area (Å²) in [7, 11) is 0. The Hall–Kier alpha value is -6.79. The number of carbonyl (C=O) groups excluding carboxylic acids is 2. The number of carbonyl (C=O) groups is 2. The van der Waals surface area contributed by atoms with E-state index in [2.05, 4.69) is 4.90 Å². The Labute approximate surface area is 470 Å². The van der Waals surface area contributed by atoms with Crippen LogP contribution in [0.15, 0.2) is 105 Å². The minimum Gasteiger partial charge on any atom is -0.486 e. The van der Waals surface area contributed by atoms with E-state index in [-0.39, 0.29) is 69.3 Å². The van der Waals surface area contributed by atoms with Gasteiger partial charge in [0.15, 0.2) is 11.5 Å². The highest BCUT2D eigenvalue weighted by Gasteiger charge is 2.35. The molecular weight excluding hydrogens is 1150 g/mol. The van der Waals surface area contributed by atoms with Crippen LogP contribution in [0.5, 0.6) is 11.5 Å². The zero-order valence-electron chi connectivity index (χ0n) is 43.3. The quantitative estimate of drug-likeness (QED) is 0.103. The maximum Gasteiger partial charge on any atom is 0.416 e. The Morgan fingerprint density at radius 1 is 0.617 bits per heavy atom. The van der Waals surface area contributed by atoms with Gasteiger partial charge in [0, 0.05) is 79.7 Å². The molecular formula is C55H51Cl3F9N5O9. The number of hydrogen-bond donors (Lipinski definition) is 1. The Morgan fingerprint density at radius 3 is 1.48 bits per heavy atom. The molecule has 0 spiro atoms. The molecule has 0 unspecified atom stereocenters. The molecule has 7 aromatic rings. The monoisotopic (exact) mass is 1200 g/mol. The number of alkyl halides is 9. The standard InChI is InChI=1S/C31H35ClF3N3O5.C12H9ClF3NO2.C12H7ClF3NO2/c1-30(2,3)43-29(40)38(19-20-4-7-26-27(16-20)42-15-14-41-26)22-8-10-36(11-9-22)12-13-37-25-17-21(31(33,34)35)5-6-23(25)24(32)18-28(37)39;2*13-9-6-11(19)17(3-4-18)10-5-7(12(14,15)16)1-2-8(9)10/h4-7,16-18,22H,8-15,19H2,1-3H3;1-2,5-6,18H,3-4H2;1-2,4-6H,3H2. The lowest BCUT2D eigenvalue weighted by Crippen LogP contribution is -2.49. The molecule has 26 heteroatoms. The topological polar surface area (TPSA) is 155 Å². The summed E-state index contributed by atoms with van der Waals surface area (Å²) in [5, 5.41) is 10.2. The fraction of sp³-hybridized carbons (Fsp3) is 0.364. The van der Waals surface area contributed by atoms with Gasteiger partial charge in [0.25, 0.3) is 16.7 Å². The molecule has 4 aromatic carbocycles. The van der Waals surface area contributed by atoms with E-state index >= 15 is 0 Å². The van der Waals surface area contributed by atoms with E-state index in [1.807, 2.05) is 39.0 Å². The number of aliphatic hydroxyl groups is 1. The Morgan fingerprint density at radius 2 is 1.05 bits per heavy atom. The van der Waals surface area contributed by atoms with Crippen LogP contribution in [-0.4, -0.2) is 92.1 Å². The van der Waals surface area contributed by atoms with Gasteiger partial charge in [-0.25, -0.2) is 4.79 Å². The first-order valence-electron chi connectivity index (χ1n) is 24.8. The number of nitrogens with zero attached hydrogens (tertiary/aromatic N) is 5. The Kier molecular flexibility index (Phi) is 19.2. The van der Waals surface area contributed by atoms with Gasteiger partial charge in [-0.1, -0.05) is 59.1 Å². The van der Waals surface area contributed by atoms with E-state index in [1.165, 1.54) is 28.8 Å². The third-order valence-corrected chi connectivity index (χ3v) is 13.9. The van der Waals surface area contributed by atoms with Gasteiger partial charge in [0.05, 0.1) is 61.5 Å². The SMILES string of the molecule is CC(C)(C)OC(=O)N(Cc1ccc2c(c1)OCCO2)C1CCN(CCn2c(=O)cc(Cl)c3ccc(C(F)(F)F)cc32)CC1.O=CCn1c(=O)cc(Cl)c2ccc(C(F)(F)F)cc21.O=c1cc(Cl)c2ccc(C(F)(F)F)cc2n1CCO. The zero-order chi connectivity index (χ0) is 59.4. The smallest absolute Gasteiger partial charge is 0.416 e. The number of ether oxygens (including phenoxy) is 3. The van der Waals surface area contributed by atoms with Crippen LogP contribution in [-0.2, 0) is 54.2 Å². The summed E-state index contributed by atoms with van der Waals surface area (Å²) in [6.07, 6.45) is -12.2. The zero-order valence-corrected chi connectivity index (χ0v) is 45.6. The molecule has 0 aliphatic carbocycles. The van der Waals surface area contributed by atoms with E-state index in [0.29, 0.717) is 80.8 Å². The summed E-state index contributed by atoms with van der Waals surface area (Å²) in [4.78, 5) is 63.9. The van der Waals surface area contributed by atoms with Crippen molar-refractivity contribution in [2.45, 2.75) is 90.0 Å². The third kappa shape index (κ3) is 15.2. The number of aromatic nitrogens is 3. The van der Waals surface area contributed by atoms with Crippen molar-refractivity contribution in [1.82, 2.24) is 23.5 Å². The lowest BCUT2D eigenvalue weighted by molar-refractivity contribution is -0.138. The van der Waals surface area contributed by atoms with Gasteiger partial charge < -0.3 is 47.6 Å². The normalized spacial score (nSPS) is 14.3. The van der Waals surface area contributed by atoms with E-state index in [0.717, 1.165) is 63.2 Å². The molecule has 434 valence electrons. The predicted molar refractivity (Wildman–Crippen MR) is 286 cm³/mol. The number of aliphatic hydroxyl groups excluding tert-OH is 1. The minimum absolute atomic E-state index is 0.0144. The predicted octanol–water partition coefficient (Wildman–Crippen LogP) is 11.9. The van der Waals surface area contributed by atoms with Gasteiger partial charge in [0.2, 0.25) is 0 Å². The number of benzene rings is 4. The van der Waals surface area contributed by atoms with Crippen LogP contribution >= 0.6 is 34.8 Å². The lowest BCUT2D eigenvalue weighted by Gasteiger charge is -2.39. The number of pyridine rings is 3. The molecule has 1 fully saturated rings. The maximum atomic E-state index is 13.4. The summed E-state index contributed by atoms with van der Waals surface area (Å²) >= 11 is 17.9. The van der Waals surface area contributed by atoms with Crippen molar-refractivity contribution in [1.29, 1.82) is 0 Å². The molecule has 9 rings (SSSR count). The molecule has 0 saturated carbocycles. The van der Waals surface area contributed by atoms with Crippen molar-refractivity contribution in [2.75, 3.05) is 39.5 Å². The van der Waals surface area contributed by atoms with Crippen LogP contribution in [0.3, 0.4) is 0 Å². The fourth-order valence-electron chi connectivity index (χ4n) is 9.11. The molecule has 1 saturated heterocycles. The van der Waals surface area contributed by atoms with Crippen molar-refractivity contribution >= 4 is 79.9 Å². The number of halogens is 12. The van der Waals surface area contributed by atoms with Crippen LogP contribution in [0.4, 0.5) is 44.3 Å². The largest absolute Gasteiger partial charge is 0.486 e. The van der Waals surface area contributed by atoms with Crippen molar-refractivity contribution in [3.8, 4) is 11.5 Å². The van der Waals surface area contributed by atoms with Gasteiger partial charge in [-0.2, -0.15) is 39.5 Å². The average Bonchev–Trinajstić information content (AvgIpc) is 3.52. The van der Waals surface area contributed by atoms with E-state index in [9.17, 15) is 63.5 Å². The van der Waals surface area contributed by atoms with Crippen molar-refractivity contribution in [2.24, 2.45) is 0 Å². The molecule has 0 atom stereocenters. The second kappa shape index (κ2) is 25.1. The maximum absolute atomic E-state index is 13.4. The first-order chi connectivity index (χ1) is 38.0. The highest BCUT2D eigenvalue weighted by molar-refractivity contribution is 6.36. The summed E-state index contributed by atoms with van der Waals surface area (Å²) in [5.74, 6) is 1.32. The first kappa shape index (κ1) is 61.8. The number of rotatable bonds is 10. The van der Waals surface area contributed by atoms with Crippen LogP contribution in [0.25, 0.3) is 32.7 Å². The second-order valence-corrected chi connectivity index (χ2v) is 20.9. The highest BCUT2D eigenvalue weighted by atomic mass is 35.5. The van der Waals surface area contributed by atoms with Crippen molar-refractivity contribution < 1.29 is 68.4 Å². The minimum atomic E-state index is -4.54. The fourth-order valence-corrected chi connectivity index (χ4v) is 9.87. The van der Waals surface area contributed by atoms with Crippen LogP contribution < -0.4 is 26.2 Å². The number of piperidine rings is 1. The molecule has 3 aromatic heterocycles. The van der Waals surface area contributed by atoms with Gasteiger partial charge in [-0.15, -0.1) is 0 Å². The van der Waals surface area contributed by atoms with Gasteiger partial charge in [-0.3, -0.25) is 14.4 Å². The second-order valence-electron chi connectivity index (χ2n) is 19.6. The number of fused-ring (bicyclic) bond motifs is 4. The molecule has 81 heavy (non-hydrogen) atoms.